The van der Waals surface area contributed by atoms with Crippen molar-refractivity contribution < 1.29 is 13.5 Å². The molecule has 0 saturated carbocycles. The SMILES string of the molecule is FC(F)Oc1ccccc1CNC1CCN2CCCC12. The van der Waals surface area contributed by atoms with E-state index in [4.69, 9.17) is 0 Å². The average molecular weight is 282 g/mol. The number of rotatable bonds is 5. The number of para-hydroxylation sites is 1. The minimum absolute atomic E-state index is 0.274. The van der Waals surface area contributed by atoms with Gasteiger partial charge < -0.3 is 10.1 Å². The lowest BCUT2D eigenvalue weighted by molar-refractivity contribution is -0.0505. The topological polar surface area (TPSA) is 24.5 Å². The summed E-state index contributed by atoms with van der Waals surface area (Å²) in [6, 6.07) is 8.10. The summed E-state index contributed by atoms with van der Waals surface area (Å²) in [5, 5.41) is 3.52. The molecule has 2 atom stereocenters. The lowest BCUT2D eigenvalue weighted by atomic mass is 10.1. The summed E-state index contributed by atoms with van der Waals surface area (Å²) < 4.78 is 29.3. The molecule has 1 aromatic rings. The highest BCUT2D eigenvalue weighted by Gasteiger charge is 2.36. The summed E-state index contributed by atoms with van der Waals surface area (Å²) in [6.07, 6.45) is 3.66. The van der Waals surface area contributed by atoms with E-state index < -0.39 is 6.61 Å². The van der Waals surface area contributed by atoms with E-state index in [2.05, 4.69) is 15.0 Å². The van der Waals surface area contributed by atoms with E-state index in [0.717, 1.165) is 18.5 Å². The average Bonchev–Trinajstić information content (AvgIpc) is 3.00. The molecule has 0 radical (unpaired) electrons. The second-order valence-corrected chi connectivity index (χ2v) is 5.51. The first-order valence-corrected chi connectivity index (χ1v) is 7.24. The van der Waals surface area contributed by atoms with Crippen LogP contribution < -0.4 is 10.1 Å². The van der Waals surface area contributed by atoms with Gasteiger partial charge in [0.15, 0.2) is 0 Å². The Balaban J connectivity index is 1.61. The van der Waals surface area contributed by atoms with E-state index in [-0.39, 0.29) is 5.75 Å². The van der Waals surface area contributed by atoms with Crippen molar-refractivity contribution in [2.45, 2.75) is 44.5 Å². The molecule has 2 unspecified atom stereocenters. The quantitative estimate of drug-likeness (QED) is 0.898. The summed E-state index contributed by atoms with van der Waals surface area (Å²) in [6.45, 7) is 0.163. The maximum absolute atomic E-state index is 12.4. The molecule has 2 aliphatic rings. The van der Waals surface area contributed by atoms with Crippen molar-refractivity contribution in [3.63, 3.8) is 0 Å². The van der Waals surface area contributed by atoms with Gasteiger partial charge in [0.2, 0.25) is 0 Å². The Hall–Kier alpha value is -1.20. The van der Waals surface area contributed by atoms with Crippen molar-refractivity contribution in [1.29, 1.82) is 0 Å². The highest BCUT2D eigenvalue weighted by molar-refractivity contribution is 5.33. The zero-order valence-corrected chi connectivity index (χ0v) is 11.4. The number of nitrogens with zero attached hydrogens (tertiary/aromatic N) is 1. The number of alkyl halides is 2. The summed E-state index contributed by atoms with van der Waals surface area (Å²) in [4.78, 5) is 2.53. The highest BCUT2D eigenvalue weighted by Crippen LogP contribution is 2.28. The number of fused-ring (bicyclic) bond motifs is 1. The fourth-order valence-corrected chi connectivity index (χ4v) is 3.42. The van der Waals surface area contributed by atoms with Crippen LogP contribution in [0.4, 0.5) is 8.78 Å². The van der Waals surface area contributed by atoms with Crippen LogP contribution in [0.2, 0.25) is 0 Å². The molecule has 1 N–H and O–H groups in total. The number of halogens is 2. The molecule has 0 aromatic heterocycles. The van der Waals surface area contributed by atoms with Gasteiger partial charge in [-0.05, 0) is 31.9 Å². The minimum atomic E-state index is -2.77. The molecule has 20 heavy (non-hydrogen) atoms. The van der Waals surface area contributed by atoms with E-state index in [0.29, 0.717) is 18.6 Å². The van der Waals surface area contributed by atoms with Gasteiger partial charge in [0.05, 0.1) is 0 Å². The van der Waals surface area contributed by atoms with Crippen LogP contribution in [0.15, 0.2) is 24.3 Å². The molecular formula is C15H20F2N2O. The molecule has 2 heterocycles. The Labute approximate surface area is 117 Å². The first-order chi connectivity index (χ1) is 9.74. The molecule has 5 heteroatoms. The van der Waals surface area contributed by atoms with Crippen LogP contribution in [0.1, 0.15) is 24.8 Å². The van der Waals surface area contributed by atoms with E-state index in [1.807, 2.05) is 12.1 Å². The molecule has 3 nitrogen and oxygen atoms in total. The van der Waals surface area contributed by atoms with Crippen molar-refractivity contribution >= 4 is 0 Å². The van der Waals surface area contributed by atoms with Gasteiger partial charge in [-0.2, -0.15) is 8.78 Å². The first kappa shape index (κ1) is 13.8. The second kappa shape index (κ2) is 6.06. The third-order valence-corrected chi connectivity index (χ3v) is 4.35. The molecule has 0 amide bonds. The molecule has 3 rings (SSSR count). The number of ether oxygens (including phenoxy) is 1. The standard InChI is InChI=1S/C15H20F2N2O/c16-15(17)20-14-6-2-1-4-11(14)10-18-12-7-9-19-8-3-5-13(12)19/h1-2,4,6,12-13,15,18H,3,5,7-10H2. The van der Waals surface area contributed by atoms with E-state index >= 15 is 0 Å². The van der Waals surface area contributed by atoms with Crippen LogP contribution in [0, 0.1) is 0 Å². The van der Waals surface area contributed by atoms with E-state index in [9.17, 15) is 8.78 Å². The number of hydrogen-bond acceptors (Lipinski definition) is 3. The third-order valence-electron chi connectivity index (χ3n) is 4.35. The minimum Gasteiger partial charge on any atom is -0.434 e. The second-order valence-electron chi connectivity index (χ2n) is 5.51. The molecule has 1 aromatic carbocycles. The lowest BCUT2D eigenvalue weighted by Crippen LogP contribution is -2.38. The summed E-state index contributed by atoms with van der Waals surface area (Å²) in [5.41, 5.74) is 0.796. The van der Waals surface area contributed by atoms with Crippen LogP contribution in [0.5, 0.6) is 5.75 Å². The predicted molar refractivity (Wildman–Crippen MR) is 72.9 cm³/mol. The summed E-state index contributed by atoms with van der Waals surface area (Å²) >= 11 is 0. The maximum Gasteiger partial charge on any atom is 0.387 e. The Morgan fingerprint density at radius 2 is 2.10 bits per heavy atom. The normalized spacial score (nSPS) is 26.1. The fourth-order valence-electron chi connectivity index (χ4n) is 3.42. The van der Waals surface area contributed by atoms with Gasteiger partial charge >= 0.3 is 6.61 Å². The van der Waals surface area contributed by atoms with E-state index in [1.54, 1.807) is 12.1 Å². The van der Waals surface area contributed by atoms with Gasteiger partial charge in [-0.3, -0.25) is 4.90 Å². The zero-order valence-electron chi connectivity index (χ0n) is 11.4. The summed E-state index contributed by atoms with van der Waals surface area (Å²) in [5.74, 6) is 0.274. The predicted octanol–water partition coefficient (Wildman–Crippen LogP) is 2.61. The molecule has 0 spiro atoms. The van der Waals surface area contributed by atoms with Crippen LogP contribution >= 0.6 is 0 Å². The number of hydrogen-bond donors (Lipinski definition) is 1. The largest absolute Gasteiger partial charge is 0.434 e. The van der Waals surface area contributed by atoms with Crippen molar-refractivity contribution in [3.8, 4) is 5.75 Å². The monoisotopic (exact) mass is 282 g/mol. The van der Waals surface area contributed by atoms with Gasteiger partial charge in [-0.25, -0.2) is 0 Å². The fraction of sp³-hybridized carbons (Fsp3) is 0.600. The maximum atomic E-state index is 12.4. The van der Waals surface area contributed by atoms with Crippen molar-refractivity contribution in [2.75, 3.05) is 13.1 Å². The van der Waals surface area contributed by atoms with Crippen molar-refractivity contribution in [1.82, 2.24) is 10.2 Å². The molecule has 110 valence electrons. The number of benzene rings is 1. The lowest BCUT2D eigenvalue weighted by Gasteiger charge is -2.22. The Morgan fingerprint density at radius 3 is 2.95 bits per heavy atom. The third kappa shape index (κ3) is 2.94. The Bertz CT molecular complexity index is 455. The van der Waals surface area contributed by atoms with Gasteiger partial charge in [-0.15, -0.1) is 0 Å². The number of nitrogens with one attached hydrogen (secondary N) is 1. The highest BCUT2D eigenvalue weighted by atomic mass is 19.3. The van der Waals surface area contributed by atoms with E-state index in [1.165, 1.54) is 19.4 Å². The molecule has 2 aliphatic heterocycles. The molecule has 0 aliphatic carbocycles. The van der Waals surface area contributed by atoms with Crippen molar-refractivity contribution in [2.24, 2.45) is 0 Å². The van der Waals surface area contributed by atoms with Gasteiger partial charge in [-0.1, -0.05) is 18.2 Å². The molecule has 2 saturated heterocycles. The van der Waals surface area contributed by atoms with Gasteiger partial charge in [0, 0.05) is 30.7 Å². The molecule has 0 bridgehead atoms. The zero-order chi connectivity index (χ0) is 13.9. The Kier molecular flexibility index (Phi) is 4.17. The first-order valence-electron chi connectivity index (χ1n) is 7.24. The van der Waals surface area contributed by atoms with Gasteiger partial charge in [0.25, 0.3) is 0 Å². The van der Waals surface area contributed by atoms with Crippen LogP contribution in [-0.2, 0) is 6.54 Å². The van der Waals surface area contributed by atoms with Crippen LogP contribution in [-0.4, -0.2) is 36.7 Å². The van der Waals surface area contributed by atoms with Crippen molar-refractivity contribution in [3.05, 3.63) is 29.8 Å². The molecule has 2 fully saturated rings. The van der Waals surface area contributed by atoms with Crippen LogP contribution in [0.25, 0.3) is 0 Å². The summed E-state index contributed by atoms with van der Waals surface area (Å²) in [7, 11) is 0. The Morgan fingerprint density at radius 1 is 1.25 bits per heavy atom. The smallest absolute Gasteiger partial charge is 0.387 e. The van der Waals surface area contributed by atoms with Crippen LogP contribution in [0.3, 0.4) is 0 Å². The molecular weight excluding hydrogens is 262 g/mol. The van der Waals surface area contributed by atoms with Gasteiger partial charge in [0.1, 0.15) is 5.75 Å².